The van der Waals surface area contributed by atoms with Crippen LogP contribution in [0.4, 0.5) is 5.69 Å². The van der Waals surface area contributed by atoms with Crippen molar-refractivity contribution in [2.75, 3.05) is 5.32 Å². The zero-order chi connectivity index (χ0) is 13.1. The Balaban J connectivity index is 2.10. The van der Waals surface area contributed by atoms with Crippen LogP contribution in [0.15, 0.2) is 29.6 Å². The number of carbonyl (C=O) groups excluding carboxylic acids is 2. The van der Waals surface area contributed by atoms with E-state index in [9.17, 15) is 9.59 Å². The van der Waals surface area contributed by atoms with E-state index in [-0.39, 0.29) is 5.91 Å². The van der Waals surface area contributed by atoms with Crippen LogP contribution in [0.25, 0.3) is 0 Å². The highest BCUT2D eigenvalue weighted by molar-refractivity contribution is 7.09. The SMILES string of the molecule is Cc1nc(C(=O)Nc2ccc(C(N)=O)cc2)cs1. The normalized spacial score (nSPS) is 10.1. The van der Waals surface area contributed by atoms with Gasteiger partial charge in [-0.25, -0.2) is 4.98 Å². The number of anilines is 1. The third-order valence-electron chi connectivity index (χ3n) is 2.28. The lowest BCUT2D eigenvalue weighted by Crippen LogP contribution is -2.13. The van der Waals surface area contributed by atoms with E-state index in [4.69, 9.17) is 5.73 Å². The summed E-state index contributed by atoms with van der Waals surface area (Å²) in [6.07, 6.45) is 0. The highest BCUT2D eigenvalue weighted by Gasteiger charge is 2.09. The molecule has 1 aromatic heterocycles. The number of hydrogen-bond acceptors (Lipinski definition) is 4. The molecule has 0 atom stereocenters. The number of nitrogens with one attached hydrogen (secondary N) is 1. The Morgan fingerprint density at radius 3 is 2.44 bits per heavy atom. The van der Waals surface area contributed by atoms with Gasteiger partial charge in [0.05, 0.1) is 5.01 Å². The Bertz CT molecular complexity index is 590. The number of carbonyl (C=O) groups is 2. The monoisotopic (exact) mass is 261 g/mol. The van der Waals surface area contributed by atoms with Crippen LogP contribution in [-0.2, 0) is 0 Å². The average molecular weight is 261 g/mol. The van der Waals surface area contributed by atoms with E-state index in [1.165, 1.54) is 11.3 Å². The molecule has 0 aliphatic carbocycles. The maximum atomic E-state index is 11.8. The van der Waals surface area contributed by atoms with Crippen molar-refractivity contribution in [2.45, 2.75) is 6.92 Å². The average Bonchev–Trinajstić information content (AvgIpc) is 2.76. The summed E-state index contributed by atoms with van der Waals surface area (Å²) in [4.78, 5) is 26.8. The first kappa shape index (κ1) is 12.3. The van der Waals surface area contributed by atoms with Gasteiger partial charge in [0.2, 0.25) is 5.91 Å². The predicted molar refractivity (Wildman–Crippen MR) is 69.8 cm³/mol. The van der Waals surface area contributed by atoms with Gasteiger partial charge in [-0.05, 0) is 31.2 Å². The maximum absolute atomic E-state index is 11.8. The van der Waals surface area contributed by atoms with Crippen LogP contribution in [0.2, 0.25) is 0 Å². The minimum Gasteiger partial charge on any atom is -0.366 e. The van der Waals surface area contributed by atoms with Gasteiger partial charge >= 0.3 is 0 Å². The lowest BCUT2D eigenvalue weighted by atomic mass is 10.2. The van der Waals surface area contributed by atoms with Gasteiger partial charge in [0.15, 0.2) is 0 Å². The Morgan fingerprint density at radius 2 is 1.94 bits per heavy atom. The molecule has 92 valence electrons. The molecular weight excluding hydrogens is 250 g/mol. The molecule has 0 fully saturated rings. The van der Waals surface area contributed by atoms with E-state index in [0.29, 0.717) is 16.9 Å². The summed E-state index contributed by atoms with van der Waals surface area (Å²) >= 11 is 1.42. The summed E-state index contributed by atoms with van der Waals surface area (Å²) in [6, 6.07) is 6.36. The maximum Gasteiger partial charge on any atom is 0.275 e. The van der Waals surface area contributed by atoms with Gasteiger partial charge in [-0.2, -0.15) is 0 Å². The zero-order valence-electron chi connectivity index (χ0n) is 9.64. The van der Waals surface area contributed by atoms with Crippen LogP contribution in [-0.4, -0.2) is 16.8 Å². The topological polar surface area (TPSA) is 85.1 Å². The van der Waals surface area contributed by atoms with E-state index < -0.39 is 5.91 Å². The number of aryl methyl sites for hydroxylation is 1. The molecule has 2 aromatic rings. The second-order valence-electron chi connectivity index (χ2n) is 3.65. The largest absolute Gasteiger partial charge is 0.366 e. The minimum absolute atomic E-state index is 0.272. The van der Waals surface area contributed by atoms with Crippen LogP contribution in [0.3, 0.4) is 0 Å². The van der Waals surface area contributed by atoms with Gasteiger partial charge < -0.3 is 11.1 Å². The fourth-order valence-corrected chi connectivity index (χ4v) is 1.97. The van der Waals surface area contributed by atoms with E-state index in [0.717, 1.165) is 5.01 Å². The molecule has 0 aliphatic rings. The Labute approximate surface area is 108 Å². The molecule has 6 heteroatoms. The van der Waals surface area contributed by atoms with E-state index in [2.05, 4.69) is 10.3 Å². The summed E-state index contributed by atoms with van der Waals surface area (Å²) in [5.74, 6) is -0.769. The van der Waals surface area contributed by atoms with Gasteiger partial charge in [0, 0.05) is 16.6 Å². The van der Waals surface area contributed by atoms with Crippen molar-refractivity contribution in [3.63, 3.8) is 0 Å². The molecule has 3 N–H and O–H groups in total. The highest BCUT2D eigenvalue weighted by Crippen LogP contribution is 2.13. The van der Waals surface area contributed by atoms with Crippen molar-refractivity contribution in [3.8, 4) is 0 Å². The number of thiazole rings is 1. The molecule has 0 radical (unpaired) electrons. The summed E-state index contributed by atoms with van der Waals surface area (Å²) in [7, 11) is 0. The van der Waals surface area contributed by atoms with E-state index >= 15 is 0 Å². The molecule has 1 heterocycles. The van der Waals surface area contributed by atoms with E-state index in [1.54, 1.807) is 29.6 Å². The summed E-state index contributed by atoms with van der Waals surface area (Å²) in [5.41, 5.74) is 6.50. The van der Waals surface area contributed by atoms with Crippen LogP contribution >= 0.6 is 11.3 Å². The zero-order valence-corrected chi connectivity index (χ0v) is 10.5. The van der Waals surface area contributed by atoms with Crippen molar-refractivity contribution < 1.29 is 9.59 Å². The van der Waals surface area contributed by atoms with Gasteiger partial charge in [0.1, 0.15) is 5.69 Å². The molecule has 0 spiro atoms. The number of rotatable bonds is 3. The molecule has 0 saturated carbocycles. The summed E-state index contributed by atoms with van der Waals surface area (Å²) < 4.78 is 0. The number of nitrogens with two attached hydrogens (primary N) is 1. The van der Waals surface area contributed by atoms with Crippen LogP contribution in [0.1, 0.15) is 25.9 Å². The van der Waals surface area contributed by atoms with Gasteiger partial charge in [-0.1, -0.05) is 0 Å². The molecule has 0 bridgehead atoms. The molecule has 0 unspecified atom stereocenters. The minimum atomic E-state index is -0.497. The van der Waals surface area contributed by atoms with E-state index in [1.807, 2.05) is 6.92 Å². The summed E-state index contributed by atoms with van der Waals surface area (Å²) in [6.45, 7) is 1.84. The second kappa shape index (κ2) is 4.97. The van der Waals surface area contributed by atoms with Crippen LogP contribution < -0.4 is 11.1 Å². The Morgan fingerprint density at radius 1 is 1.28 bits per heavy atom. The second-order valence-corrected chi connectivity index (χ2v) is 4.71. The lowest BCUT2D eigenvalue weighted by molar-refractivity contribution is 0.0998. The van der Waals surface area contributed by atoms with Crippen LogP contribution in [0.5, 0.6) is 0 Å². The first-order chi connectivity index (χ1) is 8.56. The Hall–Kier alpha value is -2.21. The fraction of sp³-hybridized carbons (Fsp3) is 0.0833. The highest BCUT2D eigenvalue weighted by atomic mass is 32.1. The third kappa shape index (κ3) is 2.72. The predicted octanol–water partition coefficient (Wildman–Crippen LogP) is 1.80. The number of primary amides is 1. The van der Waals surface area contributed by atoms with Crippen LogP contribution in [0, 0.1) is 6.92 Å². The van der Waals surface area contributed by atoms with Crippen molar-refractivity contribution in [3.05, 3.63) is 45.9 Å². The van der Waals surface area contributed by atoms with Gasteiger partial charge in [0.25, 0.3) is 5.91 Å². The molecule has 2 rings (SSSR count). The molecular formula is C12H11N3O2S. The summed E-state index contributed by atoms with van der Waals surface area (Å²) in [5, 5.41) is 5.22. The lowest BCUT2D eigenvalue weighted by Gasteiger charge is -2.03. The smallest absolute Gasteiger partial charge is 0.275 e. The van der Waals surface area contributed by atoms with Crippen molar-refractivity contribution in [1.29, 1.82) is 0 Å². The number of aromatic nitrogens is 1. The molecule has 1 aromatic carbocycles. The quantitative estimate of drug-likeness (QED) is 0.883. The fourth-order valence-electron chi connectivity index (χ4n) is 1.38. The van der Waals surface area contributed by atoms with Gasteiger partial charge in [-0.15, -0.1) is 11.3 Å². The molecule has 2 amide bonds. The number of benzene rings is 1. The number of nitrogens with zero attached hydrogens (tertiary/aromatic N) is 1. The first-order valence-electron chi connectivity index (χ1n) is 5.19. The first-order valence-corrected chi connectivity index (χ1v) is 6.07. The molecule has 18 heavy (non-hydrogen) atoms. The Kier molecular flexibility index (Phi) is 3.38. The number of hydrogen-bond donors (Lipinski definition) is 2. The van der Waals surface area contributed by atoms with Crippen molar-refractivity contribution in [1.82, 2.24) is 4.98 Å². The number of amides is 2. The van der Waals surface area contributed by atoms with Gasteiger partial charge in [-0.3, -0.25) is 9.59 Å². The molecule has 0 saturated heterocycles. The standard InChI is InChI=1S/C12H11N3O2S/c1-7-14-10(6-18-7)12(17)15-9-4-2-8(3-5-9)11(13)16/h2-6H,1H3,(H2,13,16)(H,15,17). The molecule has 0 aliphatic heterocycles. The molecule has 5 nitrogen and oxygen atoms in total. The third-order valence-corrected chi connectivity index (χ3v) is 3.05. The van der Waals surface area contributed by atoms with Crippen molar-refractivity contribution >= 4 is 28.8 Å². The van der Waals surface area contributed by atoms with Crippen molar-refractivity contribution in [2.24, 2.45) is 5.73 Å².